The van der Waals surface area contributed by atoms with Crippen molar-refractivity contribution in [2.45, 2.75) is 19.9 Å². The second kappa shape index (κ2) is 6.61. The summed E-state index contributed by atoms with van der Waals surface area (Å²) in [5.41, 5.74) is 1.79. The molecule has 19 heavy (non-hydrogen) atoms. The first-order chi connectivity index (χ1) is 8.76. The van der Waals surface area contributed by atoms with Gasteiger partial charge in [0.2, 0.25) is 0 Å². The first-order valence-electron chi connectivity index (χ1n) is 6.08. The van der Waals surface area contributed by atoms with Gasteiger partial charge in [-0.25, -0.2) is 8.42 Å². The van der Waals surface area contributed by atoms with Crippen molar-refractivity contribution in [1.29, 1.82) is 0 Å². The van der Waals surface area contributed by atoms with Crippen LogP contribution < -0.4 is 10.1 Å². The maximum Gasteiger partial charge on any atom is 0.149 e. The molecule has 106 valence electrons. The van der Waals surface area contributed by atoms with Gasteiger partial charge in [-0.05, 0) is 31.6 Å². The molecule has 0 aliphatic carbocycles. The molecule has 0 aliphatic rings. The molecule has 4 nitrogen and oxygen atoms in total. The molecule has 1 rings (SSSR count). The van der Waals surface area contributed by atoms with E-state index in [2.05, 4.69) is 11.9 Å². The van der Waals surface area contributed by atoms with E-state index in [1.54, 1.807) is 0 Å². The van der Waals surface area contributed by atoms with E-state index in [4.69, 9.17) is 4.74 Å². The minimum atomic E-state index is -2.98. The van der Waals surface area contributed by atoms with Crippen LogP contribution in [0, 0.1) is 0 Å². The lowest BCUT2D eigenvalue weighted by molar-refractivity contribution is 0.353. The molecule has 1 aromatic rings. The van der Waals surface area contributed by atoms with Gasteiger partial charge in [0.05, 0.1) is 5.75 Å². The molecule has 0 bridgehead atoms. The normalized spacial score (nSPS) is 12.8. The predicted octanol–water partition coefficient (Wildman–Crippen LogP) is 2.49. The van der Waals surface area contributed by atoms with Crippen LogP contribution in [0.4, 0.5) is 5.69 Å². The van der Waals surface area contributed by atoms with E-state index in [9.17, 15) is 8.42 Å². The van der Waals surface area contributed by atoms with Crippen molar-refractivity contribution in [2.24, 2.45) is 0 Å². The fourth-order valence-electron chi connectivity index (χ4n) is 1.66. The third-order valence-corrected chi connectivity index (χ3v) is 3.39. The summed E-state index contributed by atoms with van der Waals surface area (Å²) in [7, 11) is -2.98. The van der Waals surface area contributed by atoms with Gasteiger partial charge in [0, 0.05) is 24.1 Å². The lowest BCUT2D eigenvalue weighted by Crippen LogP contribution is -2.24. The average Bonchev–Trinajstić information content (AvgIpc) is 2.24. The number of benzene rings is 1. The smallest absolute Gasteiger partial charge is 0.149 e. The number of hydrogen-bond acceptors (Lipinski definition) is 4. The fraction of sp³-hybridized carbons (Fsp3) is 0.429. The fourth-order valence-corrected chi connectivity index (χ4v) is 2.65. The van der Waals surface area contributed by atoms with Gasteiger partial charge in [-0.3, -0.25) is 0 Å². The van der Waals surface area contributed by atoms with Crippen LogP contribution in [0.2, 0.25) is 0 Å². The van der Waals surface area contributed by atoms with Gasteiger partial charge in [-0.2, -0.15) is 0 Å². The van der Waals surface area contributed by atoms with Gasteiger partial charge in [-0.1, -0.05) is 12.6 Å². The number of anilines is 1. The summed E-state index contributed by atoms with van der Waals surface area (Å²) in [5.74, 6) is 0.837. The Morgan fingerprint density at radius 1 is 1.47 bits per heavy atom. The van der Waals surface area contributed by atoms with Crippen molar-refractivity contribution in [3.63, 3.8) is 0 Å². The zero-order chi connectivity index (χ0) is 14.5. The van der Waals surface area contributed by atoms with Gasteiger partial charge in [0.1, 0.15) is 22.2 Å². The predicted molar refractivity (Wildman–Crippen MR) is 79.5 cm³/mol. The van der Waals surface area contributed by atoms with Crippen LogP contribution in [0.25, 0.3) is 0 Å². The highest BCUT2D eigenvalue weighted by Gasteiger charge is 2.10. The highest BCUT2D eigenvalue weighted by atomic mass is 32.2. The van der Waals surface area contributed by atoms with E-state index >= 15 is 0 Å². The van der Waals surface area contributed by atoms with E-state index in [0.717, 1.165) is 17.0 Å². The Kier molecular flexibility index (Phi) is 5.42. The van der Waals surface area contributed by atoms with Crippen molar-refractivity contribution in [3.05, 3.63) is 36.4 Å². The van der Waals surface area contributed by atoms with E-state index < -0.39 is 9.84 Å². The molecule has 1 N–H and O–H groups in total. The van der Waals surface area contributed by atoms with Crippen molar-refractivity contribution < 1.29 is 13.2 Å². The lowest BCUT2D eigenvalue weighted by Gasteiger charge is -2.15. The number of ether oxygens (including phenoxy) is 1. The third kappa shape index (κ3) is 6.86. The molecular formula is C14H21NO3S. The van der Waals surface area contributed by atoms with E-state index in [0.29, 0.717) is 6.61 Å². The van der Waals surface area contributed by atoms with E-state index in [1.165, 1.54) is 6.26 Å². The molecule has 5 heteroatoms. The maximum absolute atomic E-state index is 11.2. The maximum atomic E-state index is 11.2. The van der Waals surface area contributed by atoms with Crippen LogP contribution in [-0.4, -0.2) is 33.1 Å². The molecule has 0 fully saturated rings. The first-order valence-corrected chi connectivity index (χ1v) is 8.14. The molecule has 0 aliphatic heterocycles. The largest absolute Gasteiger partial charge is 0.489 e. The summed E-state index contributed by atoms with van der Waals surface area (Å²) in [6, 6.07) is 7.30. The molecule has 1 aromatic carbocycles. The number of hydrogen-bond donors (Lipinski definition) is 1. The number of nitrogens with one attached hydrogen (secondary N) is 1. The molecule has 0 heterocycles. The highest BCUT2D eigenvalue weighted by molar-refractivity contribution is 7.90. The van der Waals surface area contributed by atoms with Crippen molar-refractivity contribution in [2.75, 3.05) is 23.9 Å². The minimum absolute atomic E-state index is 0.101. The quantitative estimate of drug-likeness (QED) is 0.781. The van der Waals surface area contributed by atoms with Crippen molar-refractivity contribution >= 4 is 15.5 Å². The van der Waals surface area contributed by atoms with Crippen molar-refractivity contribution in [3.8, 4) is 5.75 Å². The molecule has 0 unspecified atom stereocenters. The van der Waals surface area contributed by atoms with Crippen LogP contribution in [0.1, 0.15) is 13.8 Å². The van der Waals surface area contributed by atoms with Crippen molar-refractivity contribution in [1.82, 2.24) is 0 Å². The third-order valence-electron chi connectivity index (χ3n) is 2.29. The Bertz CT molecular complexity index is 537. The Labute approximate surface area is 115 Å². The zero-order valence-electron chi connectivity index (χ0n) is 11.6. The topological polar surface area (TPSA) is 55.4 Å². The summed E-state index contributed by atoms with van der Waals surface area (Å²) in [6.07, 6.45) is 1.23. The summed E-state index contributed by atoms with van der Waals surface area (Å²) >= 11 is 0. The molecule has 1 atom stereocenters. The second-order valence-electron chi connectivity index (χ2n) is 4.91. The summed E-state index contributed by atoms with van der Waals surface area (Å²) < 4.78 is 27.9. The molecule has 0 spiro atoms. The van der Waals surface area contributed by atoms with Crippen LogP contribution >= 0.6 is 0 Å². The van der Waals surface area contributed by atoms with Gasteiger partial charge in [-0.15, -0.1) is 0 Å². The van der Waals surface area contributed by atoms with E-state index in [1.807, 2.05) is 38.1 Å². The SMILES string of the molecule is C=C(C)COc1cccc(N[C@H](C)CS(C)(=O)=O)c1. The molecule has 0 aromatic heterocycles. The molecule has 0 amide bonds. The lowest BCUT2D eigenvalue weighted by atomic mass is 10.2. The zero-order valence-corrected chi connectivity index (χ0v) is 12.5. The highest BCUT2D eigenvalue weighted by Crippen LogP contribution is 2.18. The molecule has 0 saturated heterocycles. The number of rotatable bonds is 7. The summed E-state index contributed by atoms with van der Waals surface area (Å²) in [5, 5.41) is 3.14. The molecule has 0 saturated carbocycles. The second-order valence-corrected chi connectivity index (χ2v) is 7.10. The van der Waals surface area contributed by atoms with Gasteiger partial charge >= 0.3 is 0 Å². The Morgan fingerprint density at radius 3 is 2.74 bits per heavy atom. The van der Waals surface area contributed by atoms with Crippen LogP contribution in [-0.2, 0) is 9.84 Å². The van der Waals surface area contributed by atoms with Gasteiger partial charge in [0.25, 0.3) is 0 Å². The Hall–Kier alpha value is -1.49. The summed E-state index contributed by atoms with van der Waals surface area (Å²) in [6.45, 7) is 7.98. The molecular weight excluding hydrogens is 262 g/mol. The summed E-state index contributed by atoms with van der Waals surface area (Å²) in [4.78, 5) is 0. The van der Waals surface area contributed by atoms with E-state index in [-0.39, 0.29) is 11.8 Å². The van der Waals surface area contributed by atoms with Crippen LogP contribution in [0.3, 0.4) is 0 Å². The van der Waals surface area contributed by atoms with Crippen LogP contribution in [0.15, 0.2) is 36.4 Å². The molecule has 0 radical (unpaired) electrons. The Morgan fingerprint density at radius 2 is 2.16 bits per heavy atom. The van der Waals surface area contributed by atoms with Gasteiger partial charge < -0.3 is 10.1 Å². The van der Waals surface area contributed by atoms with Crippen LogP contribution in [0.5, 0.6) is 5.75 Å². The number of sulfone groups is 1. The Balaban J connectivity index is 2.63. The minimum Gasteiger partial charge on any atom is -0.489 e. The van der Waals surface area contributed by atoms with Gasteiger partial charge in [0.15, 0.2) is 0 Å². The first kappa shape index (κ1) is 15.6. The standard InChI is InChI=1S/C14H21NO3S/c1-11(2)9-18-14-7-5-6-13(8-14)15-12(3)10-19(4,16)17/h5-8,12,15H,1,9-10H2,2-4H3/t12-/m1/s1. The average molecular weight is 283 g/mol. The monoisotopic (exact) mass is 283 g/mol.